The fraction of sp³-hybridized carbons (Fsp3) is 0.286. The zero-order chi connectivity index (χ0) is 15.8. The number of rotatable bonds is 6. The van der Waals surface area contributed by atoms with E-state index in [4.69, 9.17) is 10.8 Å². The fourth-order valence-electron chi connectivity index (χ4n) is 1.60. The number of aliphatic hydroxyl groups excluding tert-OH is 1. The van der Waals surface area contributed by atoms with Crippen LogP contribution >= 0.6 is 15.9 Å². The number of nitrogens with two attached hydrogens (primary N) is 1. The second kappa shape index (κ2) is 8.53. The Morgan fingerprint density at radius 3 is 2.90 bits per heavy atom. The maximum Gasteiger partial charge on any atom is 0.256 e. The Balaban J connectivity index is 2.81. The molecule has 0 heterocycles. The number of hydrogen-bond donors (Lipinski definition) is 2. The van der Waals surface area contributed by atoms with Crippen LogP contribution in [0, 0.1) is 5.82 Å². The maximum atomic E-state index is 13.9. The molecule has 1 amide bonds. The predicted molar refractivity (Wildman–Crippen MR) is 83.8 cm³/mol. The lowest BCUT2D eigenvalue weighted by molar-refractivity contribution is 0.0804. The van der Waals surface area contributed by atoms with Crippen molar-refractivity contribution < 1.29 is 14.3 Å². The summed E-state index contributed by atoms with van der Waals surface area (Å²) >= 11 is 3.05. The summed E-state index contributed by atoms with van der Waals surface area (Å²) in [5, 5.41) is 8.65. The van der Waals surface area contributed by atoms with E-state index in [1.54, 1.807) is 13.1 Å². The van der Waals surface area contributed by atoms with Gasteiger partial charge in [0.25, 0.3) is 5.91 Å². The molecule has 0 atom stereocenters. The van der Waals surface area contributed by atoms with Crippen LogP contribution in [0.2, 0.25) is 0 Å². The van der Waals surface area contributed by atoms with E-state index in [1.165, 1.54) is 29.4 Å². The second-order valence-electron chi connectivity index (χ2n) is 4.26. The largest absolute Gasteiger partial charge is 0.404 e. The molecule has 0 aromatic heterocycles. The van der Waals surface area contributed by atoms with Crippen molar-refractivity contribution in [2.75, 3.05) is 26.7 Å². The van der Waals surface area contributed by atoms with Gasteiger partial charge < -0.3 is 15.7 Å². The van der Waals surface area contributed by atoms with Crippen LogP contribution in [-0.4, -0.2) is 48.9 Å². The Bertz CT molecular complexity index is 561. The van der Waals surface area contributed by atoms with E-state index in [2.05, 4.69) is 20.9 Å². The normalized spacial score (nSPS) is 11.9. The summed E-state index contributed by atoms with van der Waals surface area (Å²) in [4.78, 5) is 17.5. The van der Waals surface area contributed by atoms with Crippen LogP contribution in [0.3, 0.4) is 0 Å². The van der Waals surface area contributed by atoms with Gasteiger partial charge in [-0.15, -0.1) is 0 Å². The zero-order valence-corrected chi connectivity index (χ0v) is 13.2. The monoisotopic (exact) mass is 357 g/mol. The molecular formula is C14H17BrFN3O2. The summed E-state index contributed by atoms with van der Waals surface area (Å²) in [6.45, 7) is 0.387. The van der Waals surface area contributed by atoms with Gasteiger partial charge in [0, 0.05) is 31.6 Å². The van der Waals surface area contributed by atoms with Crippen molar-refractivity contribution >= 4 is 28.1 Å². The molecule has 1 aromatic carbocycles. The van der Waals surface area contributed by atoms with Crippen LogP contribution in [0.15, 0.2) is 39.4 Å². The molecular weight excluding hydrogens is 341 g/mol. The third-order valence-corrected chi connectivity index (χ3v) is 3.26. The van der Waals surface area contributed by atoms with Gasteiger partial charge in [-0.2, -0.15) is 0 Å². The van der Waals surface area contributed by atoms with E-state index in [9.17, 15) is 9.18 Å². The molecule has 3 N–H and O–H groups in total. The van der Waals surface area contributed by atoms with Gasteiger partial charge in [0.05, 0.1) is 23.2 Å². The highest BCUT2D eigenvalue weighted by Crippen LogP contribution is 2.19. The first-order valence-corrected chi connectivity index (χ1v) is 7.01. The molecule has 7 heteroatoms. The molecule has 0 saturated carbocycles. The van der Waals surface area contributed by atoms with Crippen LogP contribution in [0.25, 0.3) is 0 Å². The number of aliphatic imine (C=N–C) groups is 1. The van der Waals surface area contributed by atoms with Crippen LogP contribution in [0.5, 0.6) is 0 Å². The van der Waals surface area contributed by atoms with Gasteiger partial charge in [-0.25, -0.2) is 4.39 Å². The Morgan fingerprint density at radius 2 is 2.29 bits per heavy atom. The van der Waals surface area contributed by atoms with Gasteiger partial charge in [0.15, 0.2) is 0 Å². The SMILES string of the molecule is CN(CC(C=NCCO)=CN)C(=O)c1cccc(Br)c1F. The molecule has 1 aromatic rings. The summed E-state index contributed by atoms with van der Waals surface area (Å²) in [5.41, 5.74) is 6.04. The maximum absolute atomic E-state index is 13.9. The number of benzene rings is 1. The first kappa shape index (κ1) is 17.3. The average molecular weight is 358 g/mol. The van der Waals surface area contributed by atoms with Gasteiger partial charge in [-0.05, 0) is 28.1 Å². The first-order chi connectivity index (χ1) is 10.0. The Morgan fingerprint density at radius 1 is 1.57 bits per heavy atom. The molecule has 0 radical (unpaired) electrons. The number of nitrogens with zero attached hydrogens (tertiary/aromatic N) is 2. The minimum absolute atomic E-state index is 0.0180. The van der Waals surface area contributed by atoms with Crippen LogP contribution in [-0.2, 0) is 0 Å². The summed E-state index contributed by atoms with van der Waals surface area (Å²) < 4.78 is 14.1. The van der Waals surface area contributed by atoms with Crippen LogP contribution in [0.1, 0.15) is 10.4 Å². The Hall–Kier alpha value is -1.73. The molecule has 0 bridgehead atoms. The lowest BCUT2D eigenvalue weighted by Crippen LogP contribution is -2.30. The number of carbonyl (C=O) groups is 1. The quantitative estimate of drug-likeness (QED) is 0.758. The number of aliphatic hydroxyl groups is 1. The van der Waals surface area contributed by atoms with Crippen LogP contribution < -0.4 is 5.73 Å². The van der Waals surface area contributed by atoms with Gasteiger partial charge in [0.1, 0.15) is 5.82 Å². The number of carbonyl (C=O) groups excluding carboxylic acids is 1. The summed E-state index contributed by atoms with van der Waals surface area (Å²) in [6, 6.07) is 4.54. The van der Waals surface area contributed by atoms with Gasteiger partial charge in [0.2, 0.25) is 0 Å². The summed E-state index contributed by atoms with van der Waals surface area (Å²) in [5.74, 6) is -1.05. The number of likely N-dealkylation sites (N-methyl/N-ethyl adjacent to an activating group) is 1. The minimum Gasteiger partial charge on any atom is -0.404 e. The highest BCUT2D eigenvalue weighted by Gasteiger charge is 2.18. The molecule has 0 unspecified atom stereocenters. The second-order valence-corrected chi connectivity index (χ2v) is 5.12. The molecule has 0 aliphatic rings. The van der Waals surface area contributed by atoms with E-state index in [0.29, 0.717) is 5.57 Å². The minimum atomic E-state index is -0.596. The lowest BCUT2D eigenvalue weighted by atomic mass is 10.1. The van der Waals surface area contributed by atoms with Crippen LogP contribution in [0.4, 0.5) is 4.39 Å². The lowest BCUT2D eigenvalue weighted by Gasteiger charge is -2.18. The molecule has 0 spiro atoms. The first-order valence-electron chi connectivity index (χ1n) is 6.22. The smallest absolute Gasteiger partial charge is 0.256 e. The van der Waals surface area contributed by atoms with Crippen molar-refractivity contribution in [1.82, 2.24) is 4.90 Å². The van der Waals surface area contributed by atoms with E-state index in [1.807, 2.05) is 0 Å². The molecule has 0 saturated heterocycles. The van der Waals surface area contributed by atoms with Gasteiger partial charge >= 0.3 is 0 Å². The van der Waals surface area contributed by atoms with Crippen molar-refractivity contribution in [2.24, 2.45) is 10.7 Å². The molecule has 0 fully saturated rings. The molecule has 114 valence electrons. The number of amides is 1. The van der Waals surface area contributed by atoms with Crippen molar-refractivity contribution in [2.45, 2.75) is 0 Å². The van der Waals surface area contributed by atoms with Gasteiger partial charge in [-0.3, -0.25) is 9.79 Å². The molecule has 0 aliphatic heterocycles. The van der Waals surface area contributed by atoms with E-state index >= 15 is 0 Å². The highest BCUT2D eigenvalue weighted by atomic mass is 79.9. The molecule has 5 nitrogen and oxygen atoms in total. The van der Waals surface area contributed by atoms with Gasteiger partial charge in [-0.1, -0.05) is 6.07 Å². The third kappa shape index (κ3) is 4.95. The van der Waals surface area contributed by atoms with Crippen molar-refractivity contribution in [3.8, 4) is 0 Å². The summed E-state index contributed by atoms with van der Waals surface area (Å²) in [7, 11) is 1.55. The predicted octanol–water partition coefficient (Wildman–Crippen LogP) is 1.57. The van der Waals surface area contributed by atoms with E-state index in [0.717, 1.165) is 0 Å². The van der Waals surface area contributed by atoms with E-state index < -0.39 is 11.7 Å². The fourth-order valence-corrected chi connectivity index (χ4v) is 1.96. The van der Waals surface area contributed by atoms with E-state index in [-0.39, 0.29) is 29.7 Å². The summed E-state index contributed by atoms with van der Waals surface area (Å²) in [6.07, 6.45) is 2.80. The third-order valence-electron chi connectivity index (χ3n) is 2.65. The van der Waals surface area contributed by atoms with Crippen molar-refractivity contribution in [1.29, 1.82) is 0 Å². The zero-order valence-electron chi connectivity index (χ0n) is 11.6. The number of halogens is 2. The Kier molecular flexibility index (Phi) is 7.04. The van der Waals surface area contributed by atoms with Crippen molar-refractivity contribution in [3.63, 3.8) is 0 Å². The standard InChI is InChI=1S/C14H17BrFN3O2/c1-19(9-10(7-17)8-18-5-6-20)14(21)11-3-2-4-12(15)13(11)16/h2-4,7-8,20H,5-6,9,17H2,1H3. The Labute approximate surface area is 131 Å². The highest BCUT2D eigenvalue weighted by molar-refractivity contribution is 9.10. The average Bonchev–Trinajstić information content (AvgIpc) is 2.48. The molecule has 0 aliphatic carbocycles. The molecule has 1 rings (SSSR count). The topological polar surface area (TPSA) is 78.9 Å². The van der Waals surface area contributed by atoms with Crippen molar-refractivity contribution in [3.05, 3.63) is 45.8 Å². The number of hydrogen-bond acceptors (Lipinski definition) is 4. The molecule has 21 heavy (non-hydrogen) atoms.